The third-order valence-electron chi connectivity index (χ3n) is 3.37. The molecule has 0 saturated heterocycles. The van der Waals surface area contributed by atoms with Crippen LogP contribution < -0.4 is 14.8 Å². The van der Waals surface area contributed by atoms with Gasteiger partial charge >= 0.3 is 0 Å². The number of benzene rings is 2. The number of hydrogen-bond acceptors (Lipinski definition) is 6. The molecule has 7 nitrogen and oxygen atoms in total. The monoisotopic (exact) mass is 374 g/mol. The van der Waals surface area contributed by atoms with Gasteiger partial charge in [0.1, 0.15) is 11.6 Å². The van der Waals surface area contributed by atoms with E-state index in [1.807, 2.05) is 0 Å². The minimum Gasteiger partial charge on any atom is -0.497 e. The van der Waals surface area contributed by atoms with Gasteiger partial charge in [0.2, 0.25) is 0 Å². The van der Waals surface area contributed by atoms with Crippen molar-refractivity contribution in [1.82, 2.24) is 10.2 Å². The smallest absolute Gasteiger partial charge is 0.263 e. The zero-order valence-corrected chi connectivity index (χ0v) is 14.5. The van der Waals surface area contributed by atoms with Crippen LogP contribution in [-0.4, -0.2) is 25.7 Å². The average molecular weight is 374 g/mol. The van der Waals surface area contributed by atoms with E-state index in [1.165, 1.54) is 43.5 Å². The van der Waals surface area contributed by atoms with Gasteiger partial charge in [-0.05, 0) is 54.6 Å². The van der Waals surface area contributed by atoms with Crippen molar-refractivity contribution in [3.8, 4) is 5.75 Å². The predicted octanol–water partition coefficient (Wildman–Crippen LogP) is 3.17. The van der Waals surface area contributed by atoms with Crippen LogP contribution in [0.4, 0.5) is 21.7 Å². The molecule has 0 fully saturated rings. The Morgan fingerprint density at radius 2 is 1.65 bits per heavy atom. The second kappa shape index (κ2) is 7.36. The molecule has 0 spiro atoms. The number of nitrogens with one attached hydrogen (secondary N) is 2. The molecule has 0 atom stereocenters. The van der Waals surface area contributed by atoms with Crippen molar-refractivity contribution in [1.29, 1.82) is 0 Å². The Labute approximate surface area is 149 Å². The standard InChI is InChI=1S/C17H15FN4O3S/c1-25-14-5-7-15(8-6-14)26(23,24)22-17-10-9-16(20-21-17)19-13-4-2-3-12(18)11-13/h2-11H,1H3,(H,19,20)(H,21,22). The van der Waals surface area contributed by atoms with Gasteiger partial charge in [0.15, 0.2) is 11.6 Å². The van der Waals surface area contributed by atoms with Gasteiger partial charge in [-0.25, -0.2) is 12.8 Å². The Morgan fingerprint density at radius 1 is 0.962 bits per heavy atom. The Bertz CT molecular complexity index is 993. The number of halogens is 1. The topological polar surface area (TPSA) is 93.2 Å². The van der Waals surface area contributed by atoms with Crippen LogP contribution in [0.2, 0.25) is 0 Å². The lowest BCUT2D eigenvalue weighted by Crippen LogP contribution is -2.14. The number of rotatable bonds is 6. The van der Waals surface area contributed by atoms with Crippen LogP contribution in [0, 0.1) is 5.82 Å². The van der Waals surface area contributed by atoms with Crippen molar-refractivity contribution >= 4 is 27.3 Å². The molecule has 9 heteroatoms. The van der Waals surface area contributed by atoms with Crippen LogP contribution >= 0.6 is 0 Å². The van der Waals surface area contributed by atoms with Crippen LogP contribution in [0.5, 0.6) is 5.75 Å². The lowest BCUT2D eigenvalue weighted by molar-refractivity contribution is 0.414. The first-order valence-electron chi connectivity index (χ1n) is 7.49. The van der Waals surface area contributed by atoms with Gasteiger partial charge < -0.3 is 10.1 Å². The molecule has 0 unspecified atom stereocenters. The number of nitrogens with zero attached hydrogens (tertiary/aromatic N) is 2. The molecule has 2 N–H and O–H groups in total. The van der Waals surface area contributed by atoms with E-state index in [-0.39, 0.29) is 16.5 Å². The second-order valence-electron chi connectivity index (χ2n) is 5.22. The van der Waals surface area contributed by atoms with E-state index in [9.17, 15) is 12.8 Å². The van der Waals surface area contributed by atoms with Gasteiger partial charge in [0.25, 0.3) is 10.0 Å². The molecule has 0 saturated carbocycles. The first kappa shape index (κ1) is 17.6. The third-order valence-corrected chi connectivity index (χ3v) is 4.74. The maximum Gasteiger partial charge on any atom is 0.263 e. The average Bonchev–Trinajstić information content (AvgIpc) is 2.63. The maximum absolute atomic E-state index is 13.2. The van der Waals surface area contributed by atoms with E-state index >= 15 is 0 Å². The van der Waals surface area contributed by atoms with Gasteiger partial charge in [0.05, 0.1) is 12.0 Å². The van der Waals surface area contributed by atoms with Crippen LogP contribution in [-0.2, 0) is 10.0 Å². The van der Waals surface area contributed by atoms with Crippen LogP contribution in [0.15, 0.2) is 65.6 Å². The summed E-state index contributed by atoms with van der Waals surface area (Å²) < 4.78 is 45.2. The SMILES string of the molecule is COc1ccc(S(=O)(=O)Nc2ccc(Nc3cccc(F)c3)nn2)cc1. The fourth-order valence-electron chi connectivity index (χ4n) is 2.12. The fraction of sp³-hybridized carbons (Fsp3) is 0.0588. The molecule has 0 aliphatic heterocycles. The van der Waals surface area contributed by atoms with Gasteiger partial charge in [-0.1, -0.05) is 6.07 Å². The number of methoxy groups -OCH3 is 1. The Hall–Kier alpha value is -3.20. The number of ether oxygens (including phenoxy) is 1. The first-order chi connectivity index (χ1) is 12.5. The summed E-state index contributed by atoms with van der Waals surface area (Å²) in [6, 6.07) is 14.8. The van der Waals surface area contributed by atoms with Gasteiger partial charge in [-0.2, -0.15) is 0 Å². The largest absolute Gasteiger partial charge is 0.497 e. The first-order valence-corrected chi connectivity index (χ1v) is 8.98. The van der Waals surface area contributed by atoms with Gasteiger partial charge in [0, 0.05) is 5.69 Å². The summed E-state index contributed by atoms with van der Waals surface area (Å²) >= 11 is 0. The Morgan fingerprint density at radius 3 is 2.27 bits per heavy atom. The van der Waals surface area contributed by atoms with Crippen molar-refractivity contribution in [3.63, 3.8) is 0 Å². The molecule has 3 rings (SSSR count). The van der Waals surface area contributed by atoms with E-state index in [1.54, 1.807) is 24.3 Å². The molecule has 1 aromatic heterocycles. The molecule has 134 valence electrons. The molecule has 0 aliphatic rings. The van der Waals surface area contributed by atoms with Crippen molar-refractivity contribution in [2.75, 3.05) is 17.1 Å². The normalized spacial score (nSPS) is 11.0. The summed E-state index contributed by atoms with van der Waals surface area (Å²) in [5, 5.41) is 10.6. The highest BCUT2D eigenvalue weighted by Crippen LogP contribution is 2.19. The molecule has 3 aromatic rings. The summed E-state index contributed by atoms with van der Waals surface area (Å²) in [5.74, 6) is 0.581. The molecule has 0 bridgehead atoms. The molecule has 26 heavy (non-hydrogen) atoms. The van der Waals surface area contributed by atoms with Crippen molar-refractivity contribution in [2.45, 2.75) is 4.90 Å². The lowest BCUT2D eigenvalue weighted by atomic mass is 10.3. The molecule has 0 radical (unpaired) electrons. The van der Waals surface area contributed by atoms with E-state index < -0.39 is 10.0 Å². The van der Waals surface area contributed by atoms with E-state index in [0.29, 0.717) is 17.3 Å². The zero-order valence-electron chi connectivity index (χ0n) is 13.7. The highest BCUT2D eigenvalue weighted by Gasteiger charge is 2.15. The molecule has 1 heterocycles. The second-order valence-corrected chi connectivity index (χ2v) is 6.90. The number of hydrogen-bond donors (Lipinski definition) is 2. The Balaban J connectivity index is 1.71. The lowest BCUT2D eigenvalue weighted by Gasteiger charge is -2.09. The molecular weight excluding hydrogens is 359 g/mol. The maximum atomic E-state index is 13.2. The summed E-state index contributed by atoms with van der Waals surface area (Å²) in [5.41, 5.74) is 0.505. The Kier molecular flexibility index (Phi) is 4.99. The third kappa shape index (κ3) is 4.25. The van der Waals surface area contributed by atoms with Crippen molar-refractivity contribution < 1.29 is 17.5 Å². The molecule has 2 aromatic carbocycles. The zero-order chi connectivity index (χ0) is 18.6. The number of sulfonamides is 1. The highest BCUT2D eigenvalue weighted by atomic mass is 32.2. The predicted molar refractivity (Wildman–Crippen MR) is 95.5 cm³/mol. The summed E-state index contributed by atoms with van der Waals surface area (Å²) in [7, 11) is -2.30. The number of aromatic nitrogens is 2. The van der Waals surface area contributed by atoms with Crippen molar-refractivity contribution in [3.05, 3.63) is 66.5 Å². The van der Waals surface area contributed by atoms with Crippen molar-refractivity contribution in [2.24, 2.45) is 0 Å². The summed E-state index contributed by atoms with van der Waals surface area (Å²) in [4.78, 5) is 0.0714. The number of anilines is 3. The van der Waals surface area contributed by atoms with Crippen LogP contribution in [0.3, 0.4) is 0 Å². The fourth-order valence-corrected chi connectivity index (χ4v) is 3.12. The van der Waals surface area contributed by atoms with E-state index in [4.69, 9.17) is 4.74 Å². The van der Waals surface area contributed by atoms with Gasteiger partial charge in [-0.15, -0.1) is 10.2 Å². The minimum absolute atomic E-state index is 0.0608. The van der Waals surface area contributed by atoms with Gasteiger partial charge in [-0.3, -0.25) is 4.72 Å². The van der Waals surface area contributed by atoms with Crippen LogP contribution in [0.25, 0.3) is 0 Å². The van der Waals surface area contributed by atoms with Crippen LogP contribution in [0.1, 0.15) is 0 Å². The minimum atomic E-state index is -3.79. The molecule has 0 amide bonds. The molecule has 0 aliphatic carbocycles. The highest BCUT2D eigenvalue weighted by molar-refractivity contribution is 7.92. The molecular formula is C17H15FN4O3S. The van der Waals surface area contributed by atoms with E-state index in [2.05, 4.69) is 20.2 Å². The summed E-state index contributed by atoms with van der Waals surface area (Å²) in [6.45, 7) is 0. The quantitative estimate of drug-likeness (QED) is 0.688. The van der Waals surface area contributed by atoms with E-state index in [0.717, 1.165) is 0 Å². The summed E-state index contributed by atoms with van der Waals surface area (Å²) in [6.07, 6.45) is 0.